The van der Waals surface area contributed by atoms with Gasteiger partial charge in [0.05, 0.1) is 23.2 Å². The minimum absolute atomic E-state index is 0.0186. The minimum atomic E-state index is -1.09. The monoisotopic (exact) mass is 560 g/mol. The lowest BCUT2D eigenvalue weighted by atomic mass is 9.99. The third-order valence-corrected chi connectivity index (χ3v) is 6.75. The molecule has 0 bridgehead atoms. The molecule has 0 radical (unpaired) electrons. The average Bonchev–Trinajstić information content (AvgIpc) is 2.91. The van der Waals surface area contributed by atoms with E-state index in [0.29, 0.717) is 23.1 Å². The van der Waals surface area contributed by atoms with Crippen LogP contribution in [0.15, 0.2) is 66.7 Å². The first-order valence-electron chi connectivity index (χ1n) is 13.5. The fourth-order valence-corrected chi connectivity index (χ4v) is 4.78. The number of benzene rings is 3. The quantitative estimate of drug-likeness (QED) is 0.210. The summed E-state index contributed by atoms with van der Waals surface area (Å²) in [4.78, 5) is 29.9. The van der Waals surface area contributed by atoms with Crippen LogP contribution in [0, 0.1) is 18.6 Å². The summed E-state index contributed by atoms with van der Waals surface area (Å²) in [5.41, 5.74) is 4.42. The Morgan fingerprint density at radius 3 is 2.39 bits per heavy atom. The summed E-state index contributed by atoms with van der Waals surface area (Å²) in [5, 5.41) is 20.5. The molecule has 41 heavy (non-hydrogen) atoms. The summed E-state index contributed by atoms with van der Waals surface area (Å²) < 4.78 is 27.9. The summed E-state index contributed by atoms with van der Waals surface area (Å²) >= 11 is 0. The van der Waals surface area contributed by atoms with Crippen LogP contribution in [-0.2, 0) is 24.2 Å². The second-order valence-corrected chi connectivity index (χ2v) is 10.2. The van der Waals surface area contributed by atoms with Gasteiger partial charge in [-0.3, -0.25) is 14.6 Å². The van der Waals surface area contributed by atoms with E-state index in [9.17, 15) is 23.5 Å². The van der Waals surface area contributed by atoms with Gasteiger partial charge in [0, 0.05) is 42.8 Å². The van der Waals surface area contributed by atoms with Gasteiger partial charge >= 0.3 is 0 Å². The fraction of sp³-hybridized carbons (Fsp3) is 0.281. The van der Waals surface area contributed by atoms with Crippen molar-refractivity contribution in [1.82, 2.24) is 15.6 Å². The van der Waals surface area contributed by atoms with Crippen LogP contribution in [-0.4, -0.2) is 40.6 Å². The number of aryl methyl sites for hydroxylation is 2. The third kappa shape index (κ3) is 8.15. The van der Waals surface area contributed by atoms with Crippen molar-refractivity contribution in [2.45, 2.75) is 52.3 Å². The van der Waals surface area contributed by atoms with Crippen molar-refractivity contribution >= 4 is 28.4 Å². The number of rotatable bonds is 11. The molecule has 0 aliphatic rings. The number of hydrogen-bond acceptors (Lipinski definition) is 5. The summed E-state index contributed by atoms with van der Waals surface area (Å²) in [6, 6.07) is 17.1. The van der Waals surface area contributed by atoms with Gasteiger partial charge < -0.3 is 21.1 Å². The highest BCUT2D eigenvalue weighted by Crippen LogP contribution is 2.24. The molecule has 0 aliphatic carbocycles. The van der Waals surface area contributed by atoms with Gasteiger partial charge in [-0.25, -0.2) is 8.78 Å². The molecule has 9 heteroatoms. The Morgan fingerprint density at radius 2 is 1.68 bits per heavy atom. The Bertz CT molecular complexity index is 1540. The van der Waals surface area contributed by atoms with E-state index in [1.54, 1.807) is 24.3 Å². The molecular formula is C32H34F2N4O3. The molecule has 2 atom stereocenters. The number of carbonyl (C=O) groups excluding carboxylic acids is 2. The zero-order valence-electron chi connectivity index (χ0n) is 23.3. The summed E-state index contributed by atoms with van der Waals surface area (Å²) in [7, 11) is 0. The minimum Gasteiger partial charge on any atom is -0.390 e. The lowest BCUT2D eigenvalue weighted by molar-refractivity contribution is -0.114. The van der Waals surface area contributed by atoms with E-state index in [1.807, 2.05) is 25.1 Å². The molecular weight excluding hydrogens is 526 g/mol. The van der Waals surface area contributed by atoms with E-state index in [2.05, 4.69) is 33.9 Å². The number of aliphatic hydroxyl groups is 1. The molecule has 0 saturated carbocycles. The zero-order valence-corrected chi connectivity index (χ0v) is 23.3. The van der Waals surface area contributed by atoms with Gasteiger partial charge in [-0.1, -0.05) is 37.3 Å². The van der Waals surface area contributed by atoms with Crippen molar-refractivity contribution in [1.29, 1.82) is 0 Å². The van der Waals surface area contributed by atoms with Crippen LogP contribution in [0.4, 0.5) is 14.5 Å². The van der Waals surface area contributed by atoms with E-state index in [4.69, 9.17) is 0 Å². The molecule has 4 N–H and O–H groups in total. The van der Waals surface area contributed by atoms with Crippen molar-refractivity contribution in [3.05, 3.63) is 106 Å². The SMILES string of the molecule is CCc1cccc(CNC[C@@H](O)[C@H](Cc2cc(F)cc(F)c2)NC(=O)c2cc(NC(C)=O)cc3nc(C)ccc23)c1. The molecule has 0 spiro atoms. The number of aromatic nitrogens is 1. The number of amides is 2. The van der Waals surface area contributed by atoms with E-state index in [1.165, 1.54) is 24.6 Å². The van der Waals surface area contributed by atoms with E-state index in [0.717, 1.165) is 23.7 Å². The maximum absolute atomic E-state index is 14.0. The van der Waals surface area contributed by atoms with Crippen molar-refractivity contribution in [2.24, 2.45) is 0 Å². The van der Waals surface area contributed by atoms with E-state index in [-0.39, 0.29) is 30.0 Å². The molecule has 7 nitrogen and oxygen atoms in total. The fourth-order valence-electron chi connectivity index (χ4n) is 4.78. The van der Waals surface area contributed by atoms with Crippen LogP contribution in [0.5, 0.6) is 0 Å². The Kier molecular flexibility index (Phi) is 9.75. The number of halogens is 2. The first-order valence-corrected chi connectivity index (χ1v) is 13.5. The van der Waals surface area contributed by atoms with Crippen molar-refractivity contribution in [2.75, 3.05) is 11.9 Å². The van der Waals surface area contributed by atoms with Crippen molar-refractivity contribution in [3.63, 3.8) is 0 Å². The van der Waals surface area contributed by atoms with Gasteiger partial charge in [-0.15, -0.1) is 0 Å². The molecule has 0 unspecified atom stereocenters. The smallest absolute Gasteiger partial charge is 0.252 e. The highest BCUT2D eigenvalue weighted by atomic mass is 19.1. The number of pyridine rings is 1. The summed E-state index contributed by atoms with van der Waals surface area (Å²) in [5.74, 6) is -2.32. The van der Waals surface area contributed by atoms with Gasteiger partial charge in [-0.05, 0) is 66.8 Å². The average molecular weight is 561 g/mol. The van der Waals surface area contributed by atoms with Crippen LogP contribution in [0.25, 0.3) is 10.9 Å². The first kappa shape index (κ1) is 29.8. The zero-order chi connectivity index (χ0) is 29.5. The topological polar surface area (TPSA) is 103 Å². The third-order valence-electron chi connectivity index (χ3n) is 6.75. The predicted molar refractivity (Wildman–Crippen MR) is 156 cm³/mol. The van der Waals surface area contributed by atoms with Crippen molar-refractivity contribution in [3.8, 4) is 0 Å². The molecule has 0 aliphatic heterocycles. The highest BCUT2D eigenvalue weighted by molar-refractivity contribution is 6.08. The standard InChI is InChI=1S/C32H34F2N4O3/c1-4-21-6-5-7-22(10-21)17-35-18-31(40)30(13-23-11-24(33)14-25(34)12-23)38-32(41)28-15-26(37-20(3)39)16-29-27(28)9-8-19(2)36-29/h5-12,14-16,30-31,35,40H,4,13,17-18H2,1-3H3,(H,37,39)(H,38,41)/t30-,31+/m0/s1. The van der Waals surface area contributed by atoms with Crippen LogP contribution in [0.3, 0.4) is 0 Å². The molecule has 1 aromatic heterocycles. The molecule has 0 saturated heterocycles. The highest BCUT2D eigenvalue weighted by Gasteiger charge is 2.24. The second kappa shape index (κ2) is 13.4. The number of fused-ring (bicyclic) bond motifs is 1. The predicted octanol–water partition coefficient (Wildman–Crippen LogP) is 4.83. The number of carbonyl (C=O) groups is 2. The molecule has 4 rings (SSSR count). The summed E-state index contributed by atoms with van der Waals surface area (Å²) in [6.45, 7) is 5.87. The Balaban J connectivity index is 1.59. The number of nitrogens with zero attached hydrogens (tertiary/aromatic N) is 1. The Morgan fingerprint density at radius 1 is 0.951 bits per heavy atom. The van der Waals surface area contributed by atoms with Gasteiger partial charge in [0.15, 0.2) is 0 Å². The lowest BCUT2D eigenvalue weighted by Gasteiger charge is -2.25. The van der Waals surface area contributed by atoms with Gasteiger partial charge in [0.1, 0.15) is 11.6 Å². The summed E-state index contributed by atoms with van der Waals surface area (Å²) in [6.07, 6.45) is -0.207. The Labute approximate surface area is 238 Å². The van der Waals surface area contributed by atoms with Gasteiger partial charge in [-0.2, -0.15) is 0 Å². The van der Waals surface area contributed by atoms with Crippen LogP contribution in [0.1, 0.15) is 46.6 Å². The maximum Gasteiger partial charge on any atom is 0.252 e. The Hall–Kier alpha value is -4.21. The molecule has 3 aromatic carbocycles. The van der Waals surface area contributed by atoms with Crippen LogP contribution in [0.2, 0.25) is 0 Å². The van der Waals surface area contributed by atoms with Gasteiger partial charge in [0.2, 0.25) is 5.91 Å². The van der Waals surface area contributed by atoms with Crippen molar-refractivity contribution < 1.29 is 23.5 Å². The normalized spacial score (nSPS) is 12.6. The lowest BCUT2D eigenvalue weighted by Crippen LogP contribution is -2.48. The second-order valence-electron chi connectivity index (χ2n) is 10.2. The van der Waals surface area contributed by atoms with E-state index >= 15 is 0 Å². The maximum atomic E-state index is 14.0. The van der Waals surface area contributed by atoms with E-state index < -0.39 is 29.7 Å². The number of hydrogen-bond donors (Lipinski definition) is 4. The molecule has 214 valence electrons. The number of aliphatic hydroxyl groups excluding tert-OH is 1. The van der Waals surface area contributed by atoms with Crippen LogP contribution >= 0.6 is 0 Å². The van der Waals surface area contributed by atoms with Gasteiger partial charge in [0.25, 0.3) is 5.91 Å². The van der Waals surface area contributed by atoms with Crippen LogP contribution < -0.4 is 16.0 Å². The molecule has 1 heterocycles. The number of anilines is 1. The molecule has 0 fully saturated rings. The first-order chi connectivity index (χ1) is 19.6. The molecule has 2 amide bonds. The number of nitrogens with one attached hydrogen (secondary N) is 3. The molecule has 4 aromatic rings. The largest absolute Gasteiger partial charge is 0.390 e.